The van der Waals surface area contributed by atoms with E-state index in [4.69, 9.17) is 32.7 Å². The minimum atomic E-state index is -3.52. The van der Waals surface area contributed by atoms with Crippen molar-refractivity contribution in [3.63, 3.8) is 0 Å². The normalized spacial score (nSPS) is 16.3. The highest BCUT2D eigenvalue weighted by molar-refractivity contribution is 7.88. The van der Waals surface area contributed by atoms with Gasteiger partial charge >= 0.3 is 0 Å². The molecule has 0 saturated carbocycles. The number of hydrogen-bond donors (Lipinski definition) is 1. The average molecular weight is 515 g/mol. The molecule has 1 aliphatic rings. The molecule has 7 nitrogen and oxygen atoms in total. The Morgan fingerprint density at radius 2 is 1.73 bits per heavy atom. The highest BCUT2D eigenvalue weighted by Gasteiger charge is 2.31. The molecule has 1 amide bonds. The molecule has 1 heterocycles. The Hall–Kier alpha value is -2.00. The molecule has 0 aromatic heterocycles. The number of benzene rings is 2. The smallest absolute Gasteiger partial charge is 0.223 e. The molecule has 1 atom stereocenters. The summed E-state index contributed by atoms with van der Waals surface area (Å²) in [5, 5.41) is 3.73. The van der Waals surface area contributed by atoms with Crippen LogP contribution in [0.15, 0.2) is 36.4 Å². The van der Waals surface area contributed by atoms with Crippen LogP contribution in [0.1, 0.15) is 36.9 Å². The van der Waals surface area contributed by atoms with E-state index in [1.807, 2.05) is 19.1 Å². The van der Waals surface area contributed by atoms with Crippen molar-refractivity contribution >= 4 is 39.1 Å². The zero-order valence-corrected chi connectivity index (χ0v) is 21.1. The van der Waals surface area contributed by atoms with Gasteiger partial charge in [-0.25, -0.2) is 12.7 Å². The van der Waals surface area contributed by atoms with Crippen LogP contribution in [0, 0.1) is 5.92 Å². The number of rotatable bonds is 8. The molecule has 1 unspecified atom stereocenters. The molecular formula is C23H28Cl2N2O5S. The van der Waals surface area contributed by atoms with Gasteiger partial charge in [0.2, 0.25) is 15.9 Å². The third-order valence-corrected chi connectivity index (χ3v) is 8.41. The molecule has 1 N–H and O–H groups in total. The number of piperidine rings is 1. The lowest BCUT2D eigenvalue weighted by Crippen LogP contribution is -2.43. The highest BCUT2D eigenvalue weighted by Crippen LogP contribution is 2.30. The monoisotopic (exact) mass is 514 g/mol. The predicted molar refractivity (Wildman–Crippen MR) is 129 cm³/mol. The van der Waals surface area contributed by atoms with Gasteiger partial charge in [0, 0.05) is 19.0 Å². The first-order valence-corrected chi connectivity index (χ1v) is 12.9. The lowest BCUT2D eigenvalue weighted by Gasteiger charge is -2.31. The quantitative estimate of drug-likeness (QED) is 0.563. The number of halogens is 2. The maximum atomic E-state index is 12.8. The predicted octanol–water partition coefficient (Wildman–Crippen LogP) is 4.43. The molecule has 0 radical (unpaired) electrons. The molecule has 3 rings (SSSR count). The zero-order chi connectivity index (χ0) is 24.2. The number of sulfonamides is 1. The van der Waals surface area contributed by atoms with Gasteiger partial charge in [-0.15, -0.1) is 0 Å². The molecule has 0 bridgehead atoms. The van der Waals surface area contributed by atoms with Gasteiger partial charge in [0.05, 0.1) is 36.1 Å². The summed E-state index contributed by atoms with van der Waals surface area (Å²) in [4.78, 5) is 12.8. The summed E-state index contributed by atoms with van der Waals surface area (Å²) in [5.41, 5.74) is 1.47. The Balaban J connectivity index is 1.56. The van der Waals surface area contributed by atoms with Gasteiger partial charge in [-0.1, -0.05) is 35.3 Å². The third-order valence-electron chi connectivity index (χ3n) is 5.82. The van der Waals surface area contributed by atoms with Crippen LogP contribution in [0.5, 0.6) is 11.5 Å². The topological polar surface area (TPSA) is 84.9 Å². The van der Waals surface area contributed by atoms with Gasteiger partial charge in [0.25, 0.3) is 0 Å². The Labute approximate surface area is 205 Å². The number of carbonyl (C=O) groups excluding carboxylic acids is 1. The van der Waals surface area contributed by atoms with E-state index in [9.17, 15) is 13.2 Å². The van der Waals surface area contributed by atoms with Crippen LogP contribution in [0.3, 0.4) is 0 Å². The summed E-state index contributed by atoms with van der Waals surface area (Å²) in [6.07, 6.45) is 0.927. The van der Waals surface area contributed by atoms with Crippen LogP contribution in [-0.4, -0.2) is 45.9 Å². The van der Waals surface area contributed by atoms with Crippen molar-refractivity contribution in [2.24, 2.45) is 5.92 Å². The third kappa shape index (κ3) is 6.32. The molecule has 0 aliphatic carbocycles. The second kappa shape index (κ2) is 11.0. The van der Waals surface area contributed by atoms with Gasteiger partial charge in [-0.3, -0.25) is 4.79 Å². The first-order chi connectivity index (χ1) is 15.6. The molecule has 33 heavy (non-hydrogen) atoms. The van der Waals surface area contributed by atoms with Crippen molar-refractivity contribution in [1.29, 1.82) is 0 Å². The molecular weight excluding hydrogens is 487 g/mol. The van der Waals surface area contributed by atoms with Crippen molar-refractivity contribution in [1.82, 2.24) is 9.62 Å². The van der Waals surface area contributed by atoms with Crippen molar-refractivity contribution in [3.8, 4) is 11.5 Å². The maximum absolute atomic E-state index is 12.8. The average Bonchev–Trinajstić information content (AvgIpc) is 2.80. The lowest BCUT2D eigenvalue weighted by atomic mass is 9.96. The minimum absolute atomic E-state index is 0.0844. The fraction of sp³-hybridized carbons (Fsp3) is 0.435. The molecule has 10 heteroatoms. The molecule has 2 aromatic rings. The number of carbonyl (C=O) groups is 1. The van der Waals surface area contributed by atoms with Crippen LogP contribution < -0.4 is 14.8 Å². The summed E-state index contributed by atoms with van der Waals surface area (Å²) < 4.78 is 37.7. The summed E-state index contributed by atoms with van der Waals surface area (Å²) in [6.45, 7) is 2.49. The number of nitrogens with one attached hydrogen (secondary N) is 1. The van der Waals surface area contributed by atoms with E-state index in [2.05, 4.69) is 5.32 Å². The van der Waals surface area contributed by atoms with E-state index in [1.54, 1.807) is 38.5 Å². The molecule has 180 valence electrons. The summed E-state index contributed by atoms with van der Waals surface area (Å²) in [6, 6.07) is 10.1. The van der Waals surface area contributed by atoms with E-state index < -0.39 is 10.0 Å². The first-order valence-electron chi connectivity index (χ1n) is 10.6. The molecule has 1 fully saturated rings. The van der Waals surface area contributed by atoms with Gasteiger partial charge < -0.3 is 14.8 Å². The van der Waals surface area contributed by atoms with Crippen molar-refractivity contribution in [2.45, 2.75) is 31.6 Å². The molecule has 0 spiro atoms. The zero-order valence-electron chi connectivity index (χ0n) is 18.8. The van der Waals surface area contributed by atoms with E-state index in [0.717, 1.165) is 5.56 Å². The summed E-state index contributed by atoms with van der Waals surface area (Å²) >= 11 is 11.9. The minimum Gasteiger partial charge on any atom is -0.493 e. The lowest BCUT2D eigenvalue weighted by molar-refractivity contribution is -0.126. The number of ether oxygens (including phenoxy) is 2. The van der Waals surface area contributed by atoms with Gasteiger partial charge in [0.15, 0.2) is 11.5 Å². The van der Waals surface area contributed by atoms with Crippen molar-refractivity contribution < 1.29 is 22.7 Å². The van der Waals surface area contributed by atoms with E-state index >= 15 is 0 Å². The highest BCUT2D eigenvalue weighted by atomic mass is 35.5. The largest absolute Gasteiger partial charge is 0.493 e. The Kier molecular flexibility index (Phi) is 8.50. The summed E-state index contributed by atoms with van der Waals surface area (Å²) in [7, 11) is -0.388. The van der Waals surface area contributed by atoms with Gasteiger partial charge in [-0.05, 0) is 55.2 Å². The standard InChI is InChI=1S/C23H28Cl2N2O5S/c1-15(18-5-7-21(31-2)22(13-18)32-3)26-23(28)17-8-10-27(11-9-17)33(29,30)14-16-4-6-19(24)20(25)12-16/h4-7,12-13,15,17H,8-11,14H2,1-3H3,(H,26,28). The van der Waals surface area contributed by atoms with Crippen LogP contribution in [-0.2, 0) is 20.6 Å². The second-order valence-electron chi connectivity index (χ2n) is 8.02. The number of nitrogens with zero attached hydrogens (tertiary/aromatic N) is 1. The van der Waals surface area contributed by atoms with Gasteiger partial charge in [0.1, 0.15) is 0 Å². The first kappa shape index (κ1) is 25.6. The summed E-state index contributed by atoms with van der Waals surface area (Å²) in [5.74, 6) is 0.727. The second-order valence-corrected chi connectivity index (χ2v) is 10.8. The molecule has 1 aliphatic heterocycles. The number of methoxy groups -OCH3 is 2. The SMILES string of the molecule is COc1ccc(C(C)NC(=O)C2CCN(S(=O)(=O)Cc3ccc(Cl)c(Cl)c3)CC2)cc1OC. The van der Waals surface area contributed by atoms with Crippen molar-refractivity contribution in [3.05, 3.63) is 57.6 Å². The number of hydrogen-bond acceptors (Lipinski definition) is 5. The maximum Gasteiger partial charge on any atom is 0.223 e. The van der Waals surface area contributed by atoms with Crippen LogP contribution >= 0.6 is 23.2 Å². The fourth-order valence-corrected chi connectivity index (χ4v) is 5.74. The Morgan fingerprint density at radius 3 is 2.33 bits per heavy atom. The van der Waals surface area contributed by atoms with Crippen LogP contribution in [0.4, 0.5) is 0 Å². The van der Waals surface area contributed by atoms with Gasteiger partial charge in [-0.2, -0.15) is 0 Å². The van der Waals surface area contributed by atoms with E-state index in [1.165, 1.54) is 4.31 Å². The Morgan fingerprint density at radius 1 is 1.06 bits per heavy atom. The van der Waals surface area contributed by atoms with E-state index in [0.29, 0.717) is 53.0 Å². The van der Waals surface area contributed by atoms with Crippen LogP contribution in [0.2, 0.25) is 10.0 Å². The fourth-order valence-electron chi connectivity index (χ4n) is 3.86. The van der Waals surface area contributed by atoms with Crippen LogP contribution in [0.25, 0.3) is 0 Å². The van der Waals surface area contributed by atoms with E-state index in [-0.39, 0.29) is 23.6 Å². The van der Waals surface area contributed by atoms with Crippen molar-refractivity contribution in [2.75, 3.05) is 27.3 Å². The molecule has 2 aromatic carbocycles. The molecule has 1 saturated heterocycles. The number of amides is 1. The Bertz CT molecular complexity index is 1100.